The van der Waals surface area contributed by atoms with Crippen LogP contribution in [0.2, 0.25) is 0 Å². The summed E-state index contributed by atoms with van der Waals surface area (Å²) in [6.45, 7) is 9.06. The lowest BCUT2D eigenvalue weighted by Gasteiger charge is -2.34. The zero-order valence-corrected chi connectivity index (χ0v) is 27.2. The summed E-state index contributed by atoms with van der Waals surface area (Å²) in [5, 5.41) is 3.13. The lowest BCUT2D eigenvalue weighted by atomic mass is 9.96. The van der Waals surface area contributed by atoms with Gasteiger partial charge in [0.2, 0.25) is 0 Å². The highest BCUT2D eigenvalue weighted by Gasteiger charge is 2.35. The molecule has 2 aliphatic heterocycles. The Morgan fingerprint density at radius 1 is 1.08 bits per heavy atom. The van der Waals surface area contributed by atoms with E-state index in [-0.39, 0.29) is 41.8 Å². The van der Waals surface area contributed by atoms with Gasteiger partial charge < -0.3 is 29.6 Å². The highest BCUT2D eigenvalue weighted by Crippen LogP contribution is 2.37. The third kappa shape index (κ3) is 7.40. The summed E-state index contributed by atoms with van der Waals surface area (Å²) in [6, 6.07) is 6.92. The fourth-order valence-corrected chi connectivity index (χ4v) is 6.38. The number of nitrogens with zero attached hydrogens (tertiary/aromatic N) is 5. The van der Waals surface area contributed by atoms with Crippen molar-refractivity contribution in [3.63, 3.8) is 0 Å². The molecule has 1 aromatic carbocycles. The van der Waals surface area contributed by atoms with E-state index in [0.29, 0.717) is 49.3 Å². The van der Waals surface area contributed by atoms with Crippen molar-refractivity contribution in [2.45, 2.75) is 45.5 Å². The molecule has 1 unspecified atom stereocenters. The first kappa shape index (κ1) is 33.6. The van der Waals surface area contributed by atoms with E-state index in [9.17, 15) is 22.4 Å². The van der Waals surface area contributed by atoms with Crippen molar-refractivity contribution >= 4 is 22.8 Å². The molecule has 0 aliphatic carbocycles. The van der Waals surface area contributed by atoms with Gasteiger partial charge in [-0.1, -0.05) is 19.9 Å². The number of methoxy groups -OCH3 is 1. The van der Waals surface area contributed by atoms with Crippen LogP contribution in [0.15, 0.2) is 42.7 Å². The highest BCUT2D eigenvalue weighted by molar-refractivity contribution is 5.89. The summed E-state index contributed by atoms with van der Waals surface area (Å²) < 4.78 is 68.5. The molecule has 2 N–H and O–H groups in total. The SMILES string of the molecule is CCN1CCN(Cc2ccc(NC(=O)N3Cc4cc(Oc5c(F)cnc6[nH]c(CCOC)cc56)cnc4C(C)C3)cc2C(F)(F)F)CC1. The molecule has 0 radical (unpaired) electrons. The summed E-state index contributed by atoms with van der Waals surface area (Å²) in [6.07, 6.45) is -1.39. The number of ether oxygens (including phenoxy) is 2. The van der Waals surface area contributed by atoms with Crippen molar-refractivity contribution in [2.75, 3.05) is 58.3 Å². The Hall–Kier alpha value is -4.27. The van der Waals surface area contributed by atoms with E-state index in [0.717, 1.165) is 43.3 Å². The number of rotatable bonds is 9. The second-order valence-electron chi connectivity index (χ2n) is 12.3. The Kier molecular flexibility index (Phi) is 9.85. The van der Waals surface area contributed by atoms with Crippen LogP contribution in [0.25, 0.3) is 11.0 Å². The number of benzene rings is 1. The molecule has 1 fully saturated rings. The Morgan fingerprint density at radius 3 is 2.58 bits per heavy atom. The monoisotopic (exact) mass is 669 g/mol. The van der Waals surface area contributed by atoms with Gasteiger partial charge in [-0.25, -0.2) is 14.2 Å². The lowest BCUT2D eigenvalue weighted by Crippen LogP contribution is -2.45. The molecule has 1 atom stereocenters. The smallest absolute Gasteiger partial charge is 0.416 e. The molecule has 0 saturated carbocycles. The maximum Gasteiger partial charge on any atom is 0.416 e. The fourth-order valence-electron chi connectivity index (χ4n) is 6.38. The van der Waals surface area contributed by atoms with E-state index in [4.69, 9.17) is 9.47 Å². The molecule has 0 bridgehead atoms. The van der Waals surface area contributed by atoms with Gasteiger partial charge in [0.05, 0.1) is 35.6 Å². The van der Waals surface area contributed by atoms with E-state index in [1.54, 1.807) is 19.2 Å². The minimum Gasteiger partial charge on any atom is -0.452 e. The van der Waals surface area contributed by atoms with Gasteiger partial charge in [-0.05, 0) is 41.9 Å². The lowest BCUT2D eigenvalue weighted by molar-refractivity contribution is -0.138. The van der Waals surface area contributed by atoms with Gasteiger partial charge in [-0.2, -0.15) is 13.2 Å². The quantitative estimate of drug-likeness (QED) is 0.200. The maximum atomic E-state index is 14.9. The van der Waals surface area contributed by atoms with Crippen molar-refractivity contribution in [2.24, 2.45) is 0 Å². The van der Waals surface area contributed by atoms with Gasteiger partial charge in [0.15, 0.2) is 11.6 Å². The van der Waals surface area contributed by atoms with E-state index in [1.807, 2.05) is 11.8 Å². The summed E-state index contributed by atoms with van der Waals surface area (Å²) in [7, 11) is 1.60. The second-order valence-corrected chi connectivity index (χ2v) is 12.3. The van der Waals surface area contributed by atoms with Crippen molar-refractivity contribution in [3.05, 3.63) is 76.6 Å². The zero-order valence-electron chi connectivity index (χ0n) is 27.2. The number of hydrogen-bond donors (Lipinski definition) is 2. The number of aromatic nitrogens is 3. The van der Waals surface area contributed by atoms with Crippen LogP contribution >= 0.6 is 0 Å². The number of carbonyl (C=O) groups excluding carboxylic acids is 1. The number of amides is 2. The molecule has 48 heavy (non-hydrogen) atoms. The molecule has 14 heteroatoms. The Morgan fingerprint density at radius 2 is 1.85 bits per heavy atom. The van der Waals surface area contributed by atoms with Crippen molar-refractivity contribution in [3.8, 4) is 11.5 Å². The predicted molar refractivity (Wildman–Crippen MR) is 173 cm³/mol. The fraction of sp³-hybridized carbons (Fsp3) is 0.441. The first-order valence-corrected chi connectivity index (χ1v) is 16.0. The number of fused-ring (bicyclic) bond motifs is 2. The number of alkyl halides is 3. The van der Waals surface area contributed by atoms with E-state index in [2.05, 4.69) is 32.1 Å². The normalized spacial score (nSPS) is 17.5. The molecule has 4 aromatic rings. The molecule has 1 saturated heterocycles. The van der Waals surface area contributed by atoms with Crippen molar-refractivity contribution in [1.29, 1.82) is 0 Å². The average molecular weight is 670 g/mol. The number of urea groups is 1. The van der Waals surface area contributed by atoms with E-state index < -0.39 is 23.6 Å². The number of anilines is 1. The summed E-state index contributed by atoms with van der Waals surface area (Å²) in [4.78, 5) is 31.0. The number of aromatic amines is 1. The minimum atomic E-state index is -4.58. The van der Waals surface area contributed by atoms with Crippen LogP contribution in [0.4, 0.5) is 28.0 Å². The van der Waals surface area contributed by atoms with Crippen LogP contribution in [-0.2, 0) is 30.4 Å². The number of halogens is 4. The Balaban J connectivity index is 1.17. The summed E-state index contributed by atoms with van der Waals surface area (Å²) in [5.41, 5.74) is 2.22. The van der Waals surface area contributed by atoms with Crippen molar-refractivity contribution in [1.82, 2.24) is 29.7 Å². The van der Waals surface area contributed by atoms with Gasteiger partial charge in [-0.15, -0.1) is 0 Å². The molecule has 2 aliphatic rings. The largest absolute Gasteiger partial charge is 0.452 e. The molecule has 256 valence electrons. The number of piperazine rings is 1. The van der Waals surface area contributed by atoms with Gasteiger partial charge in [0.25, 0.3) is 0 Å². The minimum absolute atomic E-state index is 0.00717. The zero-order chi connectivity index (χ0) is 34.0. The third-order valence-electron chi connectivity index (χ3n) is 8.98. The van der Waals surface area contributed by atoms with Gasteiger partial charge in [-0.3, -0.25) is 9.88 Å². The topological polar surface area (TPSA) is 98.8 Å². The first-order chi connectivity index (χ1) is 23.0. The molecule has 6 rings (SSSR count). The van der Waals surface area contributed by atoms with Gasteiger partial charge in [0, 0.05) is 76.6 Å². The third-order valence-corrected chi connectivity index (χ3v) is 8.98. The van der Waals surface area contributed by atoms with Crippen LogP contribution in [0.1, 0.15) is 47.8 Å². The number of H-pyrrole nitrogens is 1. The molecule has 2 amide bonds. The van der Waals surface area contributed by atoms with Gasteiger partial charge in [0.1, 0.15) is 11.4 Å². The number of hydrogen-bond acceptors (Lipinski definition) is 7. The number of nitrogens with one attached hydrogen (secondary N) is 2. The maximum absolute atomic E-state index is 14.9. The molecule has 10 nitrogen and oxygen atoms in total. The molecular formula is C34H39F4N7O3. The van der Waals surface area contributed by atoms with Gasteiger partial charge >= 0.3 is 12.2 Å². The number of carbonyl (C=O) groups is 1. The predicted octanol–water partition coefficient (Wildman–Crippen LogP) is 6.39. The molecule has 3 aromatic heterocycles. The summed E-state index contributed by atoms with van der Waals surface area (Å²) >= 11 is 0. The average Bonchev–Trinajstić information content (AvgIpc) is 3.49. The highest BCUT2D eigenvalue weighted by atomic mass is 19.4. The standard InChI is InChI=1S/C34H39F4N7O3/c1-4-43-8-10-44(11-9-43)19-22-5-6-24(15-28(22)34(36,37)38)42-33(46)45-18-21(2)30-23(20-45)13-26(16-39-30)48-31-27-14-25(7-12-47-3)41-32(27)40-17-29(31)35/h5-6,13-17,21H,4,7-12,18-20H2,1-3H3,(H,40,41)(H,42,46). The number of pyridine rings is 2. The van der Waals surface area contributed by atoms with Crippen molar-refractivity contribution < 1.29 is 31.8 Å². The van der Waals surface area contributed by atoms with Crippen LogP contribution in [-0.4, -0.2) is 88.7 Å². The second kappa shape index (κ2) is 14.1. The Bertz CT molecular complexity index is 1770. The van der Waals surface area contributed by atoms with Crippen LogP contribution in [0.3, 0.4) is 0 Å². The van der Waals surface area contributed by atoms with E-state index in [1.165, 1.54) is 23.2 Å². The molecular weight excluding hydrogens is 630 g/mol. The van der Waals surface area contributed by atoms with Crippen LogP contribution < -0.4 is 10.1 Å². The molecule has 0 spiro atoms. The van der Waals surface area contributed by atoms with Crippen LogP contribution in [0, 0.1) is 5.82 Å². The Labute approximate surface area is 276 Å². The van der Waals surface area contributed by atoms with E-state index >= 15 is 0 Å². The van der Waals surface area contributed by atoms with Crippen LogP contribution in [0.5, 0.6) is 11.5 Å². The number of likely N-dealkylation sites (N-methyl/N-ethyl adjacent to an activating group) is 1. The summed E-state index contributed by atoms with van der Waals surface area (Å²) in [5.74, 6) is -0.537. The first-order valence-electron chi connectivity index (χ1n) is 16.0. The molecule has 5 heterocycles.